The molecule has 0 radical (unpaired) electrons. The molecule has 0 unspecified atom stereocenters. The van der Waals surface area contributed by atoms with Gasteiger partial charge in [0, 0.05) is 11.4 Å². The zero-order valence-electron chi connectivity index (χ0n) is 10.8. The molecule has 0 spiro atoms. The highest BCUT2D eigenvalue weighted by Gasteiger charge is 2.18. The summed E-state index contributed by atoms with van der Waals surface area (Å²) in [4.78, 5) is 11.9. The van der Waals surface area contributed by atoms with Crippen LogP contribution < -0.4 is 15.2 Å². The van der Waals surface area contributed by atoms with Gasteiger partial charge < -0.3 is 10.1 Å². The van der Waals surface area contributed by atoms with Crippen molar-refractivity contribution < 1.29 is 22.3 Å². The first-order valence-corrected chi connectivity index (χ1v) is 8.00. The number of primary sulfonamides is 1. The molecule has 1 aromatic heterocycles. The Morgan fingerprint density at radius 3 is 2.67 bits per heavy atom. The molecule has 0 fully saturated rings. The zero-order chi connectivity index (χ0) is 15.6. The molecule has 2 rings (SSSR count). The van der Waals surface area contributed by atoms with Gasteiger partial charge in [-0.1, -0.05) is 0 Å². The number of halogens is 1. The third kappa shape index (κ3) is 3.57. The van der Waals surface area contributed by atoms with Gasteiger partial charge in [-0.05, 0) is 18.2 Å². The lowest BCUT2D eigenvalue weighted by Gasteiger charge is -2.08. The van der Waals surface area contributed by atoms with Gasteiger partial charge in [0.1, 0.15) is 16.5 Å². The predicted molar refractivity (Wildman–Crippen MR) is 76.6 cm³/mol. The van der Waals surface area contributed by atoms with Crippen molar-refractivity contribution in [2.75, 3.05) is 12.4 Å². The first-order chi connectivity index (χ1) is 9.81. The van der Waals surface area contributed by atoms with Crippen LogP contribution in [-0.2, 0) is 10.0 Å². The number of carbonyl (C=O) groups is 1. The Bertz CT molecular complexity index is 786. The quantitative estimate of drug-likeness (QED) is 0.893. The molecule has 1 heterocycles. The fraction of sp³-hybridized carbons (Fsp3) is 0.0833. The SMILES string of the molecule is COc1csc(C(=O)Nc2cc(F)ccc2S(N)(=O)=O)c1. The van der Waals surface area contributed by atoms with Crippen LogP contribution >= 0.6 is 11.3 Å². The number of hydrogen-bond acceptors (Lipinski definition) is 5. The summed E-state index contributed by atoms with van der Waals surface area (Å²) < 4.78 is 41.0. The lowest BCUT2D eigenvalue weighted by molar-refractivity contribution is 0.103. The van der Waals surface area contributed by atoms with Gasteiger partial charge in [0.2, 0.25) is 10.0 Å². The molecular formula is C12H11FN2O4S2. The van der Waals surface area contributed by atoms with Gasteiger partial charge in [-0.2, -0.15) is 0 Å². The van der Waals surface area contributed by atoms with Gasteiger partial charge in [-0.25, -0.2) is 17.9 Å². The maximum Gasteiger partial charge on any atom is 0.265 e. The van der Waals surface area contributed by atoms with Gasteiger partial charge in [-0.15, -0.1) is 11.3 Å². The number of amides is 1. The molecule has 9 heteroatoms. The third-order valence-corrected chi connectivity index (χ3v) is 4.41. The Kier molecular flexibility index (Phi) is 4.26. The average Bonchev–Trinajstić information content (AvgIpc) is 2.86. The van der Waals surface area contributed by atoms with E-state index in [-0.39, 0.29) is 15.5 Å². The largest absolute Gasteiger partial charge is 0.496 e. The lowest BCUT2D eigenvalue weighted by Crippen LogP contribution is -2.18. The summed E-state index contributed by atoms with van der Waals surface area (Å²) >= 11 is 1.11. The fourth-order valence-corrected chi connectivity index (χ4v) is 3.00. The highest BCUT2D eigenvalue weighted by molar-refractivity contribution is 7.89. The molecule has 0 saturated heterocycles. The van der Waals surface area contributed by atoms with Crippen LogP contribution in [0, 0.1) is 5.82 Å². The van der Waals surface area contributed by atoms with Crippen molar-refractivity contribution in [1.29, 1.82) is 0 Å². The maximum absolute atomic E-state index is 13.2. The number of carbonyl (C=O) groups excluding carboxylic acids is 1. The van der Waals surface area contributed by atoms with Crippen molar-refractivity contribution in [3.8, 4) is 5.75 Å². The number of benzene rings is 1. The number of methoxy groups -OCH3 is 1. The number of anilines is 1. The molecule has 0 saturated carbocycles. The highest BCUT2D eigenvalue weighted by Crippen LogP contribution is 2.25. The van der Waals surface area contributed by atoms with Crippen LogP contribution in [0.2, 0.25) is 0 Å². The molecule has 0 bridgehead atoms. The molecule has 2 aromatic rings. The number of rotatable bonds is 4. The number of ether oxygens (including phenoxy) is 1. The second kappa shape index (κ2) is 5.80. The van der Waals surface area contributed by atoms with E-state index in [0.29, 0.717) is 5.75 Å². The minimum atomic E-state index is -4.08. The summed E-state index contributed by atoms with van der Waals surface area (Å²) in [7, 11) is -2.63. The number of thiophene rings is 1. The van der Waals surface area contributed by atoms with Crippen molar-refractivity contribution in [3.05, 3.63) is 40.3 Å². The van der Waals surface area contributed by atoms with Gasteiger partial charge in [0.15, 0.2) is 0 Å². The summed E-state index contributed by atoms with van der Waals surface area (Å²) in [5.74, 6) is -0.781. The average molecular weight is 330 g/mol. The fourth-order valence-electron chi connectivity index (χ4n) is 1.58. The Morgan fingerprint density at radius 2 is 2.10 bits per heavy atom. The Morgan fingerprint density at radius 1 is 1.38 bits per heavy atom. The van der Waals surface area contributed by atoms with E-state index in [1.54, 1.807) is 5.38 Å². The molecule has 21 heavy (non-hydrogen) atoms. The Hall–Kier alpha value is -1.97. The van der Waals surface area contributed by atoms with Crippen LogP contribution in [0.4, 0.5) is 10.1 Å². The number of nitrogens with one attached hydrogen (secondary N) is 1. The van der Waals surface area contributed by atoms with Gasteiger partial charge >= 0.3 is 0 Å². The smallest absolute Gasteiger partial charge is 0.265 e. The first-order valence-electron chi connectivity index (χ1n) is 5.57. The summed E-state index contributed by atoms with van der Waals surface area (Å²) in [6.45, 7) is 0. The summed E-state index contributed by atoms with van der Waals surface area (Å²) in [6, 6.07) is 4.32. The number of sulfonamides is 1. The third-order valence-electron chi connectivity index (χ3n) is 2.53. The molecule has 0 aliphatic heterocycles. The van der Waals surface area contributed by atoms with E-state index in [9.17, 15) is 17.6 Å². The van der Waals surface area contributed by atoms with Crippen LogP contribution in [0.5, 0.6) is 5.75 Å². The maximum atomic E-state index is 13.2. The second-order valence-electron chi connectivity index (χ2n) is 3.99. The Labute approximate surface area is 124 Å². The highest BCUT2D eigenvalue weighted by atomic mass is 32.2. The van der Waals surface area contributed by atoms with Crippen molar-refractivity contribution in [1.82, 2.24) is 0 Å². The normalized spacial score (nSPS) is 11.2. The second-order valence-corrected chi connectivity index (χ2v) is 6.43. The van der Waals surface area contributed by atoms with E-state index in [1.807, 2.05) is 0 Å². The topological polar surface area (TPSA) is 98.5 Å². The van der Waals surface area contributed by atoms with Crippen molar-refractivity contribution >= 4 is 33.0 Å². The molecular weight excluding hydrogens is 319 g/mol. The summed E-state index contributed by atoms with van der Waals surface area (Å²) in [6.07, 6.45) is 0. The summed E-state index contributed by atoms with van der Waals surface area (Å²) in [5.41, 5.74) is -0.213. The Balaban J connectivity index is 2.34. The van der Waals surface area contributed by atoms with E-state index in [1.165, 1.54) is 13.2 Å². The predicted octanol–water partition coefficient (Wildman–Crippen LogP) is 1.80. The van der Waals surface area contributed by atoms with E-state index in [4.69, 9.17) is 9.88 Å². The lowest BCUT2D eigenvalue weighted by atomic mass is 10.3. The number of nitrogens with two attached hydrogens (primary N) is 1. The molecule has 0 aliphatic rings. The molecule has 112 valence electrons. The minimum Gasteiger partial charge on any atom is -0.496 e. The molecule has 6 nitrogen and oxygen atoms in total. The molecule has 3 N–H and O–H groups in total. The molecule has 0 aliphatic carbocycles. The number of hydrogen-bond donors (Lipinski definition) is 2. The van der Waals surface area contributed by atoms with Gasteiger partial charge in [0.25, 0.3) is 5.91 Å². The minimum absolute atomic E-state index is 0.213. The first kappa shape index (κ1) is 15.4. The standard InChI is InChI=1S/C12H11FN2O4S2/c1-19-8-5-10(20-6-8)12(16)15-9-4-7(13)2-3-11(9)21(14,17)18/h2-6H,1H3,(H,15,16)(H2,14,17,18). The van der Waals surface area contributed by atoms with E-state index >= 15 is 0 Å². The summed E-state index contributed by atoms with van der Waals surface area (Å²) in [5, 5.41) is 8.97. The van der Waals surface area contributed by atoms with E-state index in [0.717, 1.165) is 29.5 Å². The zero-order valence-corrected chi connectivity index (χ0v) is 12.4. The van der Waals surface area contributed by atoms with Crippen molar-refractivity contribution in [2.24, 2.45) is 5.14 Å². The molecule has 1 amide bonds. The van der Waals surface area contributed by atoms with Crippen molar-refractivity contribution in [3.63, 3.8) is 0 Å². The van der Waals surface area contributed by atoms with Crippen LogP contribution in [0.15, 0.2) is 34.5 Å². The van der Waals surface area contributed by atoms with E-state index < -0.39 is 21.7 Å². The molecule has 0 atom stereocenters. The van der Waals surface area contributed by atoms with Crippen LogP contribution in [0.25, 0.3) is 0 Å². The van der Waals surface area contributed by atoms with E-state index in [2.05, 4.69) is 5.32 Å². The van der Waals surface area contributed by atoms with Gasteiger partial charge in [-0.3, -0.25) is 4.79 Å². The van der Waals surface area contributed by atoms with Crippen LogP contribution in [-0.4, -0.2) is 21.4 Å². The van der Waals surface area contributed by atoms with Crippen LogP contribution in [0.1, 0.15) is 9.67 Å². The van der Waals surface area contributed by atoms with Crippen molar-refractivity contribution in [2.45, 2.75) is 4.90 Å². The molecule has 1 aromatic carbocycles. The monoisotopic (exact) mass is 330 g/mol. The van der Waals surface area contributed by atoms with Gasteiger partial charge in [0.05, 0.1) is 17.7 Å². The van der Waals surface area contributed by atoms with Crippen LogP contribution in [0.3, 0.4) is 0 Å².